The van der Waals surface area contributed by atoms with Crippen molar-refractivity contribution in [2.75, 3.05) is 17.7 Å². The van der Waals surface area contributed by atoms with Crippen molar-refractivity contribution in [3.8, 4) is 0 Å². The van der Waals surface area contributed by atoms with Crippen LogP contribution in [-0.2, 0) is 29.0 Å². The minimum absolute atomic E-state index is 0.0762. The molecule has 4 N–H and O–H groups in total. The number of rotatable bonds is 10. The van der Waals surface area contributed by atoms with Gasteiger partial charge in [0, 0.05) is 42.5 Å². The molecule has 0 fully saturated rings. The number of benzene rings is 1. The number of aryl methyl sites for hydroxylation is 2. The maximum absolute atomic E-state index is 12.3. The second kappa shape index (κ2) is 13.2. The molecule has 0 aliphatic heterocycles. The normalized spacial score (nSPS) is 11.7. The van der Waals surface area contributed by atoms with E-state index in [0.29, 0.717) is 30.2 Å². The van der Waals surface area contributed by atoms with Gasteiger partial charge in [0.2, 0.25) is 11.8 Å². The molecule has 41 heavy (non-hydrogen) atoms. The van der Waals surface area contributed by atoms with E-state index in [4.69, 9.17) is 0 Å². The molecule has 0 aliphatic rings. The first-order chi connectivity index (χ1) is 18.8. The van der Waals surface area contributed by atoms with Gasteiger partial charge in [-0.2, -0.15) is 0 Å². The third-order valence-electron chi connectivity index (χ3n) is 6.23. The van der Waals surface area contributed by atoms with Gasteiger partial charge in [-0.15, -0.1) is 0 Å². The van der Waals surface area contributed by atoms with E-state index >= 15 is 0 Å². The smallest absolute Gasteiger partial charge is 0.410 e. The molecule has 0 saturated carbocycles. The van der Waals surface area contributed by atoms with Crippen LogP contribution in [0.5, 0.6) is 0 Å². The Labute approximate surface area is 245 Å². The molecular weight excluding hydrogens is 548 g/mol. The lowest BCUT2D eigenvalue weighted by atomic mass is 10.0. The third kappa shape index (κ3) is 9.34. The number of aromatic nitrogens is 1. The number of thiazole rings is 1. The summed E-state index contributed by atoms with van der Waals surface area (Å²) in [6.07, 6.45) is -2.51. The number of amides is 4. The van der Waals surface area contributed by atoms with Crippen molar-refractivity contribution in [1.82, 2.24) is 19.7 Å². The lowest BCUT2D eigenvalue weighted by molar-refractivity contribution is -0.128. The fourth-order valence-corrected chi connectivity index (χ4v) is 5.28. The van der Waals surface area contributed by atoms with Gasteiger partial charge in [0.05, 0.1) is 12.2 Å². The Balaban J connectivity index is 2.31. The molecule has 1 aromatic carbocycles. The molecular formula is C28H42N6O6S. The first-order valence-electron chi connectivity index (χ1n) is 13.2. The number of hydrogen-bond acceptors (Lipinski definition) is 7. The highest BCUT2D eigenvalue weighted by molar-refractivity contribution is 7.15. The van der Waals surface area contributed by atoms with E-state index in [0.717, 1.165) is 25.9 Å². The minimum Gasteiger partial charge on any atom is -0.465 e. The molecule has 0 unspecified atom stereocenters. The summed E-state index contributed by atoms with van der Waals surface area (Å²) in [4.78, 5) is 57.2. The number of carbonyl (C=O) groups is 4. The second-order valence-electron chi connectivity index (χ2n) is 11.8. The number of carbonyl (C=O) groups excluding carboxylic acids is 2. The number of anilines is 2. The molecule has 226 valence electrons. The number of nitrogens with one attached hydrogen (secondary N) is 2. The van der Waals surface area contributed by atoms with E-state index in [1.807, 2.05) is 12.1 Å². The largest absolute Gasteiger partial charge is 0.465 e. The predicted octanol–water partition coefficient (Wildman–Crippen LogP) is 5.12. The van der Waals surface area contributed by atoms with Crippen LogP contribution in [0.2, 0.25) is 0 Å². The van der Waals surface area contributed by atoms with Crippen molar-refractivity contribution in [3.63, 3.8) is 0 Å². The van der Waals surface area contributed by atoms with Crippen LogP contribution in [0.15, 0.2) is 24.3 Å². The molecule has 1 aromatic heterocycles. The quantitative estimate of drug-likeness (QED) is 0.278. The zero-order valence-corrected chi connectivity index (χ0v) is 26.0. The Morgan fingerprint density at radius 1 is 0.902 bits per heavy atom. The van der Waals surface area contributed by atoms with Gasteiger partial charge in [0.15, 0.2) is 11.4 Å². The Morgan fingerprint density at radius 3 is 1.83 bits per heavy atom. The van der Waals surface area contributed by atoms with Gasteiger partial charge in [-0.05, 0) is 72.1 Å². The van der Waals surface area contributed by atoms with Gasteiger partial charge < -0.3 is 25.7 Å². The van der Waals surface area contributed by atoms with E-state index in [2.05, 4.69) is 15.6 Å². The van der Waals surface area contributed by atoms with Crippen molar-refractivity contribution in [2.24, 2.45) is 0 Å². The molecule has 0 bridgehead atoms. The molecule has 4 amide bonds. The summed E-state index contributed by atoms with van der Waals surface area (Å²) in [5.74, 6) is -0.299. The topological polar surface area (TPSA) is 155 Å². The van der Waals surface area contributed by atoms with Crippen molar-refractivity contribution >= 4 is 46.2 Å². The van der Waals surface area contributed by atoms with Crippen LogP contribution < -0.4 is 10.6 Å². The summed E-state index contributed by atoms with van der Waals surface area (Å²) in [7, 11) is 1.71. The van der Waals surface area contributed by atoms with E-state index < -0.39 is 29.6 Å². The highest BCUT2D eigenvalue weighted by Crippen LogP contribution is 2.28. The molecule has 0 radical (unpaired) electrons. The van der Waals surface area contributed by atoms with Crippen LogP contribution in [0.4, 0.5) is 20.4 Å². The second-order valence-corrected chi connectivity index (χ2v) is 12.9. The Bertz CT molecular complexity index is 1220. The van der Waals surface area contributed by atoms with Crippen molar-refractivity contribution < 1.29 is 29.4 Å². The first-order valence-corrected chi connectivity index (χ1v) is 14.0. The first kappa shape index (κ1) is 33.3. The molecule has 13 heteroatoms. The molecule has 0 saturated heterocycles. The van der Waals surface area contributed by atoms with Crippen LogP contribution in [0, 0.1) is 0 Å². The summed E-state index contributed by atoms with van der Waals surface area (Å²) >= 11 is 1.34. The van der Waals surface area contributed by atoms with Gasteiger partial charge in [0.1, 0.15) is 0 Å². The molecule has 12 nitrogen and oxygen atoms in total. The number of hydrogen-bond donors (Lipinski definition) is 4. The van der Waals surface area contributed by atoms with E-state index in [9.17, 15) is 29.4 Å². The fourth-order valence-electron chi connectivity index (χ4n) is 4.17. The molecule has 1 heterocycles. The highest BCUT2D eigenvalue weighted by Gasteiger charge is 2.43. The van der Waals surface area contributed by atoms with Crippen molar-refractivity contribution in [3.05, 3.63) is 40.4 Å². The van der Waals surface area contributed by atoms with Crippen LogP contribution in [-0.4, -0.2) is 78.3 Å². The monoisotopic (exact) mass is 590 g/mol. The maximum atomic E-state index is 12.3. The van der Waals surface area contributed by atoms with Crippen LogP contribution in [0.1, 0.15) is 71.5 Å². The van der Waals surface area contributed by atoms with Gasteiger partial charge in [0.25, 0.3) is 0 Å². The SMILES string of the molecule is CC(=O)Nc1nc(CCc2ccc(NC(N(C(=O)O)C(C)(C)C)N(C(=O)O)C(C)(C)C)cc2)c(CN(C)C(C)=O)s1. The standard InChI is InChI=1S/C28H42N6O6S/c1-17(35)29-23-31-21(22(41-23)16-32(9)18(2)36)15-12-19-10-13-20(14-11-19)30-24(33(25(37)38)27(3,4)5)34(26(39)40)28(6,7)8/h10-11,13-14,24,30H,12,15-16H2,1-9H3,(H,37,38)(H,39,40)(H,29,31,35). The summed E-state index contributed by atoms with van der Waals surface area (Å²) in [5.41, 5.74) is 0.512. The summed E-state index contributed by atoms with van der Waals surface area (Å²) in [6.45, 7) is 13.5. The number of carboxylic acid groups (broad SMARTS) is 2. The van der Waals surface area contributed by atoms with Crippen LogP contribution in [0.25, 0.3) is 0 Å². The number of nitrogens with zero attached hydrogens (tertiary/aromatic N) is 4. The Kier molecular flexibility index (Phi) is 10.7. The van der Waals surface area contributed by atoms with Gasteiger partial charge in [-0.25, -0.2) is 14.6 Å². The summed E-state index contributed by atoms with van der Waals surface area (Å²) in [6, 6.07) is 7.32. The van der Waals surface area contributed by atoms with E-state index in [-0.39, 0.29) is 11.8 Å². The van der Waals surface area contributed by atoms with Gasteiger partial charge >= 0.3 is 12.2 Å². The van der Waals surface area contributed by atoms with Crippen LogP contribution >= 0.6 is 11.3 Å². The average molecular weight is 591 g/mol. The minimum atomic E-state index is -1.25. The average Bonchev–Trinajstić information content (AvgIpc) is 3.16. The molecule has 0 atom stereocenters. The lowest BCUT2D eigenvalue weighted by Gasteiger charge is -2.48. The van der Waals surface area contributed by atoms with Crippen molar-refractivity contribution in [1.29, 1.82) is 0 Å². The van der Waals surface area contributed by atoms with E-state index in [1.54, 1.807) is 65.6 Å². The van der Waals surface area contributed by atoms with Gasteiger partial charge in [-0.1, -0.05) is 23.5 Å². The highest BCUT2D eigenvalue weighted by atomic mass is 32.1. The molecule has 0 aliphatic carbocycles. The third-order valence-corrected chi connectivity index (χ3v) is 7.22. The van der Waals surface area contributed by atoms with Gasteiger partial charge in [-0.3, -0.25) is 19.4 Å². The summed E-state index contributed by atoms with van der Waals surface area (Å²) in [5, 5.41) is 26.4. The molecule has 0 spiro atoms. The summed E-state index contributed by atoms with van der Waals surface area (Å²) < 4.78 is 0. The zero-order chi connectivity index (χ0) is 31.3. The zero-order valence-electron chi connectivity index (χ0n) is 25.2. The van der Waals surface area contributed by atoms with Crippen molar-refractivity contribution in [2.45, 2.75) is 92.1 Å². The fraction of sp³-hybridized carbons (Fsp3) is 0.536. The van der Waals surface area contributed by atoms with E-state index in [1.165, 1.54) is 25.2 Å². The molecule has 2 rings (SSSR count). The Morgan fingerprint density at radius 2 is 1.41 bits per heavy atom. The lowest BCUT2D eigenvalue weighted by Crippen LogP contribution is -2.66. The van der Waals surface area contributed by atoms with Crippen LogP contribution in [0.3, 0.4) is 0 Å². The Hall–Kier alpha value is -3.87. The predicted molar refractivity (Wildman–Crippen MR) is 159 cm³/mol. The maximum Gasteiger partial charge on any atom is 0.410 e. The molecule has 2 aromatic rings.